The van der Waals surface area contributed by atoms with E-state index in [1.807, 2.05) is 37.4 Å². The van der Waals surface area contributed by atoms with Crippen LogP contribution >= 0.6 is 0 Å². The van der Waals surface area contributed by atoms with Gasteiger partial charge in [0.05, 0.1) is 12.5 Å². The van der Waals surface area contributed by atoms with Crippen molar-refractivity contribution in [2.24, 2.45) is 0 Å². The zero-order valence-electron chi connectivity index (χ0n) is 10.0. The SMILES string of the molecule is CNc1cc(Nc2ccc(CC#N)cc2)ncn1. The van der Waals surface area contributed by atoms with Gasteiger partial charge in [-0.3, -0.25) is 0 Å². The highest BCUT2D eigenvalue weighted by molar-refractivity contribution is 5.59. The third-order valence-corrected chi connectivity index (χ3v) is 2.43. The third kappa shape index (κ3) is 2.95. The monoisotopic (exact) mass is 239 g/mol. The molecule has 1 aromatic carbocycles. The Balaban J connectivity index is 2.11. The van der Waals surface area contributed by atoms with Crippen LogP contribution in [-0.2, 0) is 6.42 Å². The molecule has 2 rings (SSSR count). The Labute approximate surface area is 106 Å². The fourth-order valence-electron chi connectivity index (χ4n) is 1.51. The minimum absolute atomic E-state index is 0.428. The van der Waals surface area contributed by atoms with Gasteiger partial charge < -0.3 is 10.6 Å². The Hall–Kier alpha value is -2.61. The van der Waals surface area contributed by atoms with Gasteiger partial charge in [0.1, 0.15) is 18.0 Å². The highest BCUT2D eigenvalue weighted by atomic mass is 15.1. The van der Waals surface area contributed by atoms with Crippen molar-refractivity contribution in [1.82, 2.24) is 9.97 Å². The molecule has 0 aliphatic rings. The number of nitrogens with one attached hydrogen (secondary N) is 2. The number of anilines is 3. The van der Waals surface area contributed by atoms with E-state index >= 15 is 0 Å². The van der Waals surface area contributed by atoms with Gasteiger partial charge in [0, 0.05) is 18.8 Å². The lowest BCUT2D eigenvalue weighted by molar-refractivity contribution is 1.16. The molecule has 2 N–H and O–H groups in total. The lowest BCUT2D eigenvalue weighted by atomic mass is 10.1. The molecule has 0 saturated carbocycles. The van der Waals surface area contributed by atoms with E-state index in [1.54, 1.807) is 0 Å². The van der Waals surface area contributed by atoms with E-state index in [-0.39, 0.29) is 0 Å². The van der Waals surface area contributed by atoms with Crippen molar-refractivity contribution >= 4 is 17.3 Å². The van der Waals surface area contributed by atoms with Crippen LogP contribution in [0.2, 0.25) is 0 Å². The van der Waals surface area contributed by atoms with Crippen LogP contribution < -0.4 is 10.6 Å². The van der Waals surface area contributed by atoms with Gasteiger partial charge in [0.25, 0.3) is 0 Å². The van der Waals surface area contributed by atoms with E-state index in [1.165, 1.54) is 6.33 Å². The molecular formula is C13H13N5. The summed E-state index contributed by atoms with van der Waals surface area (Å²) in [5.74, 6) is 1.48. The predicted molar refractivity (Wildman–Crippen MR) is 70.6 cm³/mol. The van der Waals surface area contributed by atoms with Gasteiger partial charge in [-0.1, -0.05) is 12.1 Å². The van der Waals surface area contributed by atoms with Crippen LogP contribution in [0.3, 0.4) is 0 Å². The summed E-state index contributed by atoms with van der Waals surface area (Å²) in [6, 6.07) is 11.6. The fraction of sp³-hybridized carbons (Fsp3) is 0.154. The van der Waals surface area contributed by atoms with Crippen LogP contribution in [0.1, 0.15) is 5.56 Å². The average molecular weight is 239 g/mol. The van der Waals surface area contributed by atoms with Crippen LogP contribution in [0.15, 0.2) is 36.7 Å². The molecule has 0 saturated heterocycles. The first-order valence-electron chi connectivity index (χ1n) is 5.54. The maximum atomic E-state index is 8.59. The van der Waals surface area contributed by atoms with E-state index < -0.39 is 0 Å². The van der Waals surface area contributed by atoms with Gasteiger partial charge in [-0.2, -0.15) is 5.26 Å². The number of hydrogen-bond acceptors (Lipinski definition) is 5. The standard InChI is InChI=1S/C13H13N5/c1-15-12-8-13(17-9-16-12)18-11-4-2-10(3-5-11)6-7-14/h2-5,8-9H,6H2,1H3,(H2,15,16,17,18). The van der Waals surface area contributed by atoms with Crippen molar-refractivity contribution in [3.8, 4) is 6.07 Å². The Morgan fingerprint density at radius 3 is 2.56 bits per heavy atom. The summed E-state index contributed by atoms with van der Waals surface area (Å²) in [6.07, 6.45) is 1.93. The van der Waals surface area contributed by atoms with Crippen molar-refractivity contribution in [2.75, 3.05) is 17.7 Å². The largest absolute Gasteiger partial charge is 0.373 e. The second-order valence-electron chi connectivity index (χ2n) is 3.70. The summed E-state index contributed by atoms with van der Waals surface area (Å²) in [6.45, 7) is 0. The minimum Gasteiger partial charge on any atom is -0.373 e. The molecular weight excluding hydrogens is 226 g/mol. The van der Waals surface area contributed by atoms with Gasteiger partial charge in [-0.05, 0) is 17.7 Å². The molecule has 0 radical (unpaired) electrons. The zero-order valence-corrected chi connectivity index (χ0v) is 10.0. The maximum absolute atomic E-state index is 8.59. The number of rotatable bonds is 4. The van der Waals surface area contributed by atoms with Crippen molar-refractivity contribution in [2.45, 2.75) is 6.42 Å². The minimum atomic E-state index is 0.428. The third-order valence-electron chi connectivity index (χ3n) is 2.43. The van der Waals surface area contributed by atoms with Crippen LogP contribution in [-0.4, -0.2) is 17.0 Å². The Morgan fingerprint density at radius 1 is 1.17 bits per heavy atom. The molecule has 5 nitrogen and oxygen atoms in total. The van der Waals surface area contributed by atoms with Gasteiger partial charge in [-0.25, -0.2) is 9.97 Å². The van der Waals surface area contributed by atoms with Gasteiger partial charge >= 0.3 is 0 Å². The van der Waals surface area contributed by atoms with E-state index in [0.29, 0.717) is 6.42 Å². The molecule has 0 amide bonds. The predicted octanol–water partition coefficient (Wildman–Crippen LogP) is 2.33. The summed E-state index contributed by atoms with van der Waals surface area (Å²) in [7, 11) is 1.81. The summed E-state index contributed by atoms with van der Waals surface area (Å²) in [4.78, 5) is 8.17. The lowest BCUT2D eigenvalue weighted by Crippen LogP contribution is -1.98. The van der Waals surface area contributed by atoms with Crippen LogP contribution in [0.5, 0.6) is 0 Å². The summed E-state index contributed by atoms with van der Waals surface area (Å²) in [5, 5.41) is 14.7. The molecule has 0 atom stereocenters. The second kappa shape index (κ2) is 5.64. The van der Waals surface area contributed by atoms with E-state index in [4.69, 9.17) is 5.26 Å². The van der Waals surface area contributed by atoms with E-state index in [9.17, 15) is 0 Å². The number of nitriles is 1. The van der Waals surface area contributed by atoms with Gasteiger partial charge in [0.15, 0.2) is 0 Å². The molecule has 2 aromatic rings. The molecule has 0 aliphatic carbocycles. The molecule has 0 fully saturated rings. The van der Waals surface area contributed by atoms with E-state index in [0.717, 1.165) is 22.9 Å². The highest BCUT2D eigenvalue weighted by Crippen LogP contribution is 2.16. The van der Waals surface area contributed by atoms with Gasteiger partial charge in [-0.15, -0.1) is 0 Å². The Kier molecular flexibility index (Phi) is 3.72. The van der Waals surface area contributed by atoms with Crippen molar-refractivity contribution in [3.63, 3.8) is 0 Å². The average Bonchev–Trinajstić information content (AvgIpc) is 2.42. The molecule has 0 spiro atoms. The molecule has 18 heavy (non-hydrogen) atoms. The van der Waals surface area contributed by atoms with Crippen LogP contribution in [0.25, 0.3) is 0 Å². The number of nitrogens with zero attached hydrogens (tertiary/aromatic N) is 3. The van der Waals surface area contributed by atoms with E-state index in [2.05, 4.69) is 26.7 Å². The fourth-order valence-corrected chi connectivity index (χ4v) is 1.51. The smallest absolute Gasteiger partial charge is 0.135 e. The Morgan fingerprint density at radius 2 is 1.89 bits per heavy atom. The quantitative estimate of drug-likeness (QED) is 0.856. The molecule has 1 aromatic heterocycles. The first-order chi connectivity index (χ1) is 8.81. The molecule has 1 heterocycles. The molecule has 0 bridgehead atoms. The summed E-state index contributed by atoms with van der Waals surface area (Å²) >= 11 is 0. The number of benzene rings is 1. The zero-order chi connectivity index (χ0) is 12.8. The second-order valence-corrected chi connectivity index (χ2v) is 3.70. The summed E-state index contributed by atoms with van der Waals surface area (Å²) < 4.78 is 0. The number of aromatic nitrogens is 2. The first-order valence-corrected chi connectivity index (χ1v) is 5.54. The lowest BCUT2D eigenvalue weighted by Gasteiger charge is -2.07. The highest BCUT2D eigenvalue weighted by Gasteiger charge is 1.98. The molecule has 0 aliphatic heterocycles. The Bertz CT molecular complexity index is 556. The van der Waals surface area contributed by atoms with Crippen LogP contribution in [0, 0.1) is 11.3 Å². The van der Waals surface area contributed by atoms with Crippen LogP contribution in [0.4, 0.5) is 17.3 Å². The first kappa shape index (κ1) is 11.9. The normalized spacial score (nSPS) is 9.56. The molecule has 90 valence electrons. The van der Waals surface area contributed by atoms with Crippen molar-refractivity contribution < 1.29 is 0 Å². The molecule has 0 unspecified atom stereocenters. The van der Waals surface area contributed by atoms with Gasteiger partial charge in [0.2, 0.25) is 0 Å². The number of hydrogen-bond donors (Lipinski definition) is 2. The maximum Gasteiger partial charge on any atom is 0.135 e. The van der Waals surface area contributed by atoms with Crippen molar-refractivity contribution in [1.29, 1.82) is 5.26 Å². The molecule has 5 heteroatoms. The summed E-state index contributed by atoms with van der Waals surface area (Å²) in [5.41, 5.74) is 1.93. The topological polar surface area (TPSA) is 73.6 Å². The van der Waals surface area contributed by atoms with Crippen molar-refractivity contribution in [3.05, 3.63) is 42.2 Å².